The number of aromatic nitrogens is 3. The number of nitrogens with one attached hydrogen (secondary N) is 1. The van der Waals surface area contributed by atoms with E-state index in [-0.39, 0.29) is 11.6 Å². The van der Waals surface area contributed by atoms with E-state index in [0.717, 1.165) is 55.7 Å². The third-order valence-electron chi connectivity index (χ3n) is 8.54. The van der Waals surface area contributed by atoms with Gasteiger partial charge in [0.15, 0.2) is 0 Å². The topological polar surface area (TPSA) is 61.1 Å². The highest BCUT2D eigenvalue weighted by Crippen LogP contribution is 2.41. The number of fused-ring (bicyclic) bond motifs is 1. The van der Waals surface area contributed by atoms with Crippen LogP contribution in [-0.2, 0) is 19.6 Å². The van der Waals surface area contributed by atoms with E-state index in [1.165, 1.54) is 0 Å². The van der Waals surface area contributed by atoms with Gasteiger partial charge in [-0.25, -0.2) is 4.98 Å². The molecule has 2 heterocycles. The zero-order valence-electron chi connectivity index (χ0n) is 25.5. The number of ether oxygens (including phenoxy) is 1. The second kappa shape index (κ2) is 11.8. The minimum atomic E-state index is -0.845. The maximum absolute atomic E-state index is 13.1. The highest BCUT2D eigenvalue weighted by atomic mass is 35.5. The first-order chi connectivity index (χ1) is 21.2. The summed E-state index contributed by atoms with van der Waals surface area (Å²) in [7, 11) is 5.50. The van der Waals surface area contributed by atoms with Crippen molar-refractivity contribution in [2.45, 2.75) is 25.4 Å². The normalized spacial score (nSPS) is 13.5. The molecular weight excluding hydrogens is 568 g/mol. The van der Waals surface area contributed by atoms with Crippen LogP contribution in [0.2, 0.25) is 5.02 Å². The molecule has 0 unspecified atom stereocenters. The molecule has 6 rings (SSSR count). The van der Waals surface area contributed by atoms with Gasteiger partial charge in [-0.15, -0.1) is 0 Å². The number of hydrogen-bond acceptors (Lipinski definition) is 4. The van der Waals surface area contributed by atoms with Crippen molar-refractivity contribution in [1.82, 2.24) is 19.4 Å². The van der Waals surface area contributed by atoms with Crippen LogP contribution in [0.3, 0.4) is 0 Å². The predicted octanol–water partition coefficient (Wildman–Crippen LogP) is 7.55. The Morgan fingerprint density at radius 2 is 1.64 bits per heavy atom. The number of pyridine rings is 1. The third kappa shape index (κ3) is 5.21. The molecule has 0 bridgehead atoms. The van der Waals surface area contributed by atoms with Crippen LogP contribution in [0.25, 0.3) is 22.0 Å². The smallest absolute Gasteiger partial charge is 0.251 e. The summed E-state index contributed by atoms with van der Waals surface area (Å²) in [4.78, 5) is 17.7. The highest BCUT2D eigenvalue weighted by molar-refractivity contribution is 6.30. The molecule has 0 fully saturated rings. The summed E-state index contributed by atoms with van der Waals surface area (Å²) >= 11 is 6.42. The monoisotopic (exact) mass is 602 g/mol. The maximum Gasteiger partial charge on any atom is 0.251 e. The van der Waals surface area contributed by atoms with E-state index >= 15 is 0 Å². The van der Waals surface area contributed by atoms with Gasteiger partial charge in [0.05, 0.1) is 30.8 Å². The van der Waals surface area contributed by atoms with Crippen LogP contribution in [0.4, 0.5) is 0 Å². The minimum absolute atomic E-state index is 0.0522. The quantitative estimate of drug-likeness (QED) is 0.195. The molecule has 0 aliphatic carbocycles. The molecule has 6 nitrogen and oxygen atoms in total. The molecule has 0 aliphatic heterocycles. The van der Waals surface area contributed by atoms with Crippen molar-refractivity contribution < 1.29 is 4.74 Å². The van der Waals surface area contributed by atoms with Gasteiger partial charge in [0, 0.05) is 36.6 Å². The number of nitrogens with zero attached hydrogens (tertiary/aromatic N) is 3. The summed E-state index contributed by atoms with van der Waals surface area (Å²) in [5.74, 6) is 0.806. The third-order valence-corrected chi connectivity index (χ3v) is 8.79. The SMILES string of the molecule is COc1ccc([C@H](C)N[C@@](c2ccc(Cl)cc2)(c2ccc3c(c2)c(-c2cccc(C)c2)cc(=O)n3C)c2cncn2C)cc1. The molecule has 0 saturated heterocycles. The van der Waals surface area contributed by atoms with E-state index in [9.17, 15) is 4.79 Å². The second-order valence-corrected chi connectivity index (χ2v) is 11.8. The van der Waals surface area contributed by atoms with Crippen LogP contribution in [0.5, 0.6) is 5.75 Å². The van der Waals surface area contributed by atoms with Crippen LogP contribution < -0.4 is 15.6 Å². The fourth-order valence-electron chi connectivity index (χ4n) is 6.17. The standard InChI is InChI=1S/C37H35ClN4O2/c1-24-7-6-8-27(19-24)32-21-36(43)42(4)34-18-13-29(20-33(32)34)37(35-22-39-23-41(35)3,28-11-14-30(38)15-12-28)40-25(2)26-9-16-31(44-5)17-10-26/h6-23,25,40H,1-5H3/t25-,37-/m0/s1. The summed E-state index contributed by atoms with van der Waals surface area (Å²) in [6.07, 6.45) is 3.73. The molecule has 6 aromatic rings. The largest absolute Gasteiger partial charge is 0.497 e. The van der Waals surface area contributed by atoms with Gasteiger partial charge < -0.3 is 13.9 Å². The van der Waals surface area contributed by atoms with Crippen molar-refractivity contribution >= 4 is 22.5 Å². The van der Waals surface area contributed by atoms with Crippen molar-refractivity contribution in [2.24, 2.45) is 14.1 Å². The minimum Gasteiger partial charge on any atom is -0.497 e. The molecular formula is C37H35ClN4O2. The van der Waals surface area contributed by atoms with E-state index in [0.29, 0.717) is 5.02 Å². The summed E-state index contributed by atoms with van der Waals surface area (Å²) in [5, 5.41) is 5.66. The summed E-state index contributed by atoms with van der Waals surface area (Å²) in [5.41, 5.74) is 7.07. The lowest BCUT2D eigenvalue weighted by Crippen LogP contribution is -2.47. The van der Waals surface area contributed by atoms with Crippen LogP contribution in [-0.4, -0.2) is 21.2 Å². The fraction of sp³-hybridized carbons (Fsp3) is 0.189. The van der Waals surface area contributed by atoms with E-state index < -0.39 is 5.54 Å². The lowest BCUT2D eigenvalue weighted by atomic mass is 9.78. The Kier molecular flexibility index (Phi) is 7.89. The number of rotatable bonds is 8. The molecule has 0 amide bonds. The molecule has 0 spiro atoms. The molecule has 4 aromatic carbocycles. The Balaban J connectivity index is 1.66. The van der Waals surface area contributed by atoms with Gasteiger partial charge in [0.1, 0.15) is 11.3 Å². The summed E-state index contributed by atoms with van der Waals surface area (Å²) < 4.78 is 9.18. The Hall–Kier alpha value is -4.65. The van der Waals surface area contributed by atoms with Crippen LogP contribution in [0, 0.1) is 6.92 Å². The van der Waals surface area contributed by atoms with Crippen LogP contribution in [0.15, 0.2) is 114 Å². The molecule has 0 aliphatic rings. The van der Waals surface area contributed by atoms with Gasteiger partial charge in [-0.2, -0.15) is 0 Å². The lowest BCUT2D eigenvalue weighted by Gasteiger charge is -2.39. The molecule has 0 radical (unpaired) electrons. The highest BCUT2D eigenvalue weighted by Gasteiger charge is 2.40. The number of hydrogen-bond donors (Lipinski definition) is 1. The van der Waals surface area contributed by atoms with E-state index in [4.69, 9.17) is 16.3 Å². The molecule has 44 heavy (non-hydrogen) atoms. The zero-order valence-corrected chi connectivity index (χ0v) is 26.3. The number of aryl methyl sites for hydroxylation is 3. The van der Waals surface area contributed by atoms with Gasteiger partial charge >= 0.3 is 0 Å². The molecule has 2 atom stereocenters. The molecule has 0 saturated carbocycles. The van der Waals surface area contributed by atoms with Crippen molar-refractivity contribution in [1.29, 1.82) is 0 Å². The van der Waals surface area contributed by atoms with Crippen LogP contribution >= 0.6 is 11.6 Å². The van der Waals surface area contributed by atoms with Gasteiger partial charge in [-0.1, -0.05) is 71.8 Å². The average Bonchev–Trinajstić information content (AvgIpc) is 3.47. The first kappa shape index (κ1) is 29.4. The number of imidazole rings is 1. The maximum atomic E-state index is 13.1. The molecule has 7 heteroatoms. The van der Waals surface area contributed by atoms with Crippen molar-refractivity contribution in [2.75, 3.05) is 7.11 Å². The van der Waals surface area contributed by atoms with E-state index in [1.807, 2.05) is 63.0 Å². The van der Waals surface area contributed by atoms with Crippen molar-refractivity contribution in [3.63, 3.8) is 0 Å². The Bertz CT molecular complexity index is 2010. The molecule has 222 valence electrons. The fourth-order valence-corrected chi connectivity index (χ4v) is 6.29. The summed E-state index contributed by atoms with van der Waals surface area (Å²) in [6, 6.07) is 32.4. The number of halogens is 1. The molecule has 2 aromatic heterocycles. The Morgan fingerprint density at radius 3 is 2.30 bits per heavy atom. The van der Waals surface area contributed by atoms with Gasteiger partial charge in [-0.3, -0.25) is 10.1 Å². The van der Waals surface area contributed by atoms with Gasteiger partial charge in [-0.05, 0) is 78.1 Å². The van der Waals surface area contributed by atoms with E-state index in [1.54, 1.807) is 17.7 Å². The zero-order chi connectivity index (χ0) is 31.0. The van der Waals surface area contributed by atoms with Gasteiger partial charge in [0.2, 0.25) is 0 Å². The van der Waals surface area contributed by atoms with Gasteiger partial charge in [0.25, 0.3) is 5.56 Å². The first-order valence-corrected chi connectivity index (χ1v) is 14.9. The summed E-state index contributed by atoms with van der Waals surface area (Å²) in [6.45, 7) is 4.22. The van der Waals surface area contributed by atoms with Crippen LogP contribution in [0.1, 0.15) is 40.9 Å². The molecule has 1 N–H and O–H groups in total. The second-order valence-electron chi connectivity index (χ2n) is 11.3. The Morgan fingerprint density at radius 1 is 0.909 bits per heavy atom. The Labute approximate surface area is 262 Å². The number of benzene rings is 4. The van der Waals surface area contributed by atoms with Crippen molar-refractivity contribution in [3.05, 3.63) is 153 Å². The number of methoxy groups -OCH3 is 1. The average molecular weight is 603 g/mol. The van der Waals surface area contributed by atoms with Crippen molar-refractivity contribution in [3.8, 4) is 16.9 Å². The lowest BCUT2D eigenvalue weighted by molar-refractivity contribution is 0.396. The first-order valence-electron chi connectivity index (χ1n) is 14.6. The predicted molar refractivity (Wildman–Crippen MR) is 178 cm³/mol. The van der Waals surface area contributed by atoms with E-state index in [2.05, 4.69) is 83.3 Å².